The number of ether oxygens (including phenoxy) is 1. The normalized spacial score (nSPS) is 13.2. The van der Waals surface area contributed by atoms with Crippen LogP contribution in [0.25, 0.3) is 61.0 Å². The summed E-state index contributed by atoms with van der Waals surface area (Å²) in [6.45, 7) is 22.7. The third-order valence-corrected chi connectivity index (χ3v) is 12.7. The maximum atomic E-state index is 6.87. The molecule has 0 saturated heterocycles. The Morgan fingerprint density at radius 1 is 0.529 bits per heavy atom. The van der Waals surface area contributed by atoms with E-state index in [1.807, 2.05) is 12.3 Å². The molecule has 9 aromatic rings. The van der Waals surface area contributed by atoms with Crippen molar-refractivity contribution in [2.75, 3.05) is 9.80 Å². The Bertz CT molecular complexity index is 3240. The average molecular weight is 1070 g/mol. The van der Waals surface area contributed by atoms with Crippen molar-refractivity contribution in [3.8, 4) is 50.7 Å². The van der Waals surface area contributed by atoms with Gasteiger partial charge in [-0.3, -0.25) is 0 Å². The number of allylic oxidation sites excluding steroid dienone is 1. The fourth-order valence-electron chi connectivity index (χ4n) is 9.39. The van der Waals surface area contributed by atoms with E-state index in [1.54, 1.807) is 0 Å². The minimum atomic E-state index is -0.214. The summed E-state index contributed by atoms with van der Waals surface area (Å²) < 4.78 is 9.08. The van der Waals surface area contributed by atoms with Crippen LogP contribution in [0, 0.1) is 24.2 Å². The Morgan fingerprint density at radius 2 is 1.13 bits per heavy atom. The van der Waals surface area contributed by atoms with E-state index in [2.05, 4.69) is 259 Å². The summed E-state index contributed by atoms with van der Waals surface area (Å²) in [6, 6.07) is 65.4. The minimum Gasteiger partial charge on any atom is -0.509 e. The molecule has 0 unspecified atom stereocenters. The van der Waals surface area contributed by atoms with Crippen LogP contribution in [0.1, 0.15) is 73.4 Å². The van der Waals surface area contributed by atoms with Gasteiger partial charge in [-0.1, -0.05) is 177 Å². The van der Waals surface area contributed by atoms with Crippen molar-refractivity contribution >= 4 is 33.2 Å². The number of para-hydroxylation sites is 1. The number of hydrogen-bond donors (Lipinski definition) is 0. The Hall–Kier alpha value is -6.68. The van der Waals surface area contributed by atoms with E-state index < -0.39 is 0 Å². The molecule has 0 N–H and O–H groups in total. The summed E-state index contributed by atoms with van der Waals surface area (Å²) in [4.78, 5) is 9.45. The monoisotopic (exact) mass is 1070 g/mol. The predicted octanol–water partition coefficient (Wildman–Crippen LogP) is 16.5. The molecule has 6 heteroatoms. The molecule has 0 bridgehead atoms. The van der Waals surface area contributed by atoms with Gasteiger partial charge in [-0.25, -0.2) is 4.98 Å². The number of pyridine rings is 1. The molecule has 0 spiro atoms. The van der Waals surface area contributed by atoms with Gasteiger partial charge in [0, 0.05) is 61.1 Å². The predicted molar refractivity (Wildman–Crippen MR) is 280 cm³/mol. The van der Waals surface area contributed by atoms with Crippen molar-refractivity contribution in [3.05, 3.63) is 212 Å². The van der Waals surface area contributed by atoms with Crippen LogP contribution in [-0.4, -0.2) is 9.55 Å². The summed E-state index contributed by atoms with van der Waals surface area (Å²) in [5.41, 5.74) is 14.2. The van der Waals surface area contributed by atoms with Crippen LogP contribution in [0.4, 0.5) is 11.4 Å². The summed E-state index contributed by atoms with van der Waals surface area (Å²) in [6.07, 6.45) is 4.16. The van der Waals surface area contributed by atoms with Gasteiger partial charge in [0.15, 0.2) is 0 Å². The minimum absolute atomic E-state index is 0. The molecule has 0 fully saturated rings. The van der Waals surface area contributed by atoms with E-state index >= 15 is 0 Å². The summed E-state index contributed by atoms with van der Waals surface area (Å²) in [5, 5.41) is 2.22. The third-order valence-electron chi connectivity index (χ3n) is 12.7. The summed E-state index contributed by atoms with van der Waals surface area (Å²) >= 11 is 0. The first-order chi connectivity index (χ1) is 32.1. The first-order valence-corrected chi connectivity index (χ1v) is 23.3. The Kier molecular flexibility index (Phi) is 12.4. The SMILES string of the molecule is CC(C)(C)C1=CN(c2[c-]c(Oc3[c-]c4c(cc3)c3ccccc3n4-c3cc(C(C)(C)C)ccn3)cc(-c3ccccc3)c2)[CH-]N1c1cc(-c2ccccc2)c(C(C)(C)C)c(-c2ccccc2)c1.[Pt]. The van der Waals surface area contributed by atoms with Gasteiger partial charge in [0.1, 0.15) is 5.82 Å². The molecule has 68 heavy (non-hydrogen) atoms. The molecule has 5 nitrogen and oxygen atoms in total. The molecule has 2 aromatic heterocycles. The quantitative estimate of drug-likeness (QED) is 0.142. The van der Waals surface area contributed by atoms with E-state index in [0.29, 0.717) is 11.5 Å². The molecule has 0 atom stereocenters. The molecule has 10 rings (SSSR count). The molecule has 3 heterocycles. The smallest absolute Gasteiger partial charge is 0.135 e. The zero-order chi connectivity index (χ0) is 46.7. The van der Waals surface area contributed by atoms with Crippen LogP contribution in [0.5, 0.6) is 11.5 Å². The van der Waals surface area contributed by atoms with Gasteiger partial charge in [-0.15, -0.1) is 53.6 Å². The van der Waals surface area contributed by atoms with Crippen molar-refractivity contribution in [1.29, 1.82) is 0 Å². The first-order valence-electron chi connectivity index (χ1n) is 23.3. The molecule has 0 saturated carbocycles. The van der Waals surface area contributed by atoms with Gasteiger partial charge < -0.3 is 19.1 Å². The summed E-state index contributed by atoms with van der Waals surface area (Å²) in [5.74, 6) is 2.03. The van der Waals surface area contributed by atoms with E-state index in [-0.39, 0.29) is 37.3 Å². The second-order valence-electron chi connectivity index (χ2n) is 20.7. The van der Waals surface area contributed by atoms with Gasteiger partial charge in [-0.2, -0.15) is 6.07 Å². The largest absolute Gasteiger partial charge is 0.509 e. The van der Waals surface area contributed by atoms with Crippen molar-refractivity contribution < 1.29 is 25.8 Å². The number of fused-ring (bicyclic) bond motifs is 3. The number of benzene rings is 7. The number of anilines is 2. The van der Waals surface area contributed by atoms with Crippen LogP contribution in [0.3, 0.4) is 0 Å². The number of aromatic nitrogens is 2. The van der Waals surface area contributed by atoms with Crippen LogP contribution in [0.2, 0.25) is 0 Å². The van der Waals surface area contributed by atoms with E-state index in [9.17, 15) is 0 Å². The third kappa shape index (κ3) is 9.05. The van der Waals surface area contributed by atoms with Crippen molar-refractivity contribution in [2.24, 2.45) is 5.41 Å². The Balaban J connectivity index is 0.00000578. The zero-order valence-electron chi connectivity index (χ0n) is 40.3. The van der Waals surface area contributed by atoms with Gasteiger partial charge in [0.05, 0.1) is 0 Å². The fraction of sp³-hybridized carbons (Fsp3) is 0.194. The molecule has 0 aliphatic carbocycles. The van der Waals surface area contributed by atoms with E-state index in [4.69, 9.17) is 9.72 Å². The summed E-state index contributed by atoms with van der Waals surface area (Å²) in [7, 11) is 0. The average Bonchev–Trinajstić information content (AvgIpc) is 3.92. The van der Waals surface area contributed by atoms with Gasteiger partial charge in [-0.05, 0) is 91.7 Å². The van der Waals surface area contributed by atoms with Gasteiger partial charge in [0.25, 0.3) is 0 Å². The maximum absolute atomic E-state index is 6.87. The molecule has 1 aliphatic heterocycles. The molecular formula is C62H57N4OPt-3. The number of hydrogen-bond acceptors (Lipinski definition) is 4. The van der Waals surface area contributed by atoms with Crippen LogP contribution in [-0.2, 0) is 31.9 Å². The number of nitrogens with zero attached hydrogens (tertiary/aromatic N) is 4. The van der Waals surface area contributed by atoms with Crippen LogP contribution in [0.15, 0.2) is 182 Å². The fourth-order valence-corrected chi connectivity index (χ4v) is 9.39. The molecule has 344 valence electrons. The molecule has 7 aromatic carbocycles. The Morgan fingerprint density at radius 3 is 1.74 bits per heavy atom. The molecular weight excluding hydrogens is 1010 g/mol. The van der Waals surface area contributed by atoms with Crippen molar-refractivity contribution in [1.82, 2.24) is 9.55 Å². The maximum Gasteiger partial charge on any atom is 0.135 e. The van der Waals surface area contributed by atoms with Crippen molar-refractivity contribution in [3.63, 3.8) is 0 Å². The Labute approximate surface area is 417 Å². The number of rotatable bonds is 8. The molecule has 0 amide bonds. The standard InChI is InChI=1S/C62H57N4O.Pt/c1-60(2,3)46-31-32-63-58(35-46)66-55-28-20-19-27-51(55)52-30-29-49(39-56(52)66)67-50-34-45(42-21-13-10-14-22-42)33-47(36-50)64-40-57(61(4,5)6)65(41-64)48-37-53(43-23-15-11-16-24-43)59(62(7,8)9)54(38-48)44-25-17-12-18-26-44;/h10-35,37-38,40-41H,1-9H3;/q-3;. The van der Waals surface area contributed by atoms with Crippen LogP contribution < -0.4 is 14.5 Å². The zero-order valence-corrected chi connectivity index (χ0v) is 42.6. The topological polar surface area (TPSA) is 33.5 Å². The molecule has 0 radical (unpaired) electrons. The first kappa shape index (κ1) is 46.4. The van der Waals surface area contributed by atoms with Gasteiger partial charge >= 0.3 is 0 Å². The van der Waals surface area contributed by atoms with Crippen molar-refractivity contribution in [2.45, 2.75) is 73.1 Å². The van der Waals surface area contributed by atoms with Crippen LogP contribution >= 0.6 is 0 Å². The molecule has 1 aliphatic rings. The van der Waals surface area contributed by atoms with E-state index in [0.717, 1.165) is 55.8 Å². The second-order valence-corrected chi connectivity index (χ2v) is 20.7. The van der Waals surface area contributed by atoms with E-state index in [1.165, 1.54) is 33.4 Å². The second kappa shape index (κ2) is 18.1. The van der Waals surface area contributed by atoms with Gasteiger partial charge in [0.2, 0.25) is 0 Å².